The summed E-state index contributed by atoms with van der Waals surface area (Å²) in [6, 6.07) is 0. The first kappa shape index (κ1) is 37.8. The number of amides is 2. The third-order valence-electron chi connectivity index (χ3n) is 8.22. The summed E-state index contributed by atoms with van der Waals surface area (Å²) in [5.74, 6) is -3.68. The van der Waals surface area contributed by atoms with Gasteiger partial charge in [-0.25, -0.2) is 4.79 Å². The van der Waals surface area contributed by atoms with Gasteiger partial charge in [-0.2, -0.15) is 0 Å². The van der Waals surface area contributed by atoms with Gasteiger partial charge in [0.15, 0.2) is 5.78 Å². The number of carbonyl (C=O) groups excluding carboxylic acids is 4. The number of ether oxygens (including phenoxy) is 1. The number of nitrogens with one attached hydrogen (secondary N) is 1. The molecule has 0 fully saturated rings. The molecule has 2 rings (SSSR count). The van der Waals surface area contributed by atoms with E-state index in [-0.39, 0.29) is 48.8 Å². The van der Waals surface area contributed by atoms with E-state index in [1.165, 1.54) is 33.2 Å². The lowest BCUT2D eigenvalue weighted by Gasteiger charge is -2.34. The molecule has 12 heteroatoms. The van der Waals surface area contributed by atoms with Gasteiger partial charge in [-0.15, -0.1) is 0 Å². The van der Waals surface area contributed by atoms with E-state index in [0.29, 0.717) is 24.0 Å². The standard InChI is InChI=1S/C33H49N3O9/c1-19-13-24(18-38)29(40)21(3)15-22(4)31(45-33(34)43)23(17-37)10-7-9-20(2)32(42)35-27-16-28(39)25(26(14-19)30(27)41)11-8-12-36(5,6)44/h7,9-10,15-16,19,21,23-24,29,31,37-38,40H,8,11-14,17-18H2,1-6H3,(H2,34,43)(H,35,42)/b10-7-,20-9+,22-15+/t19-,21-,23+,24+,29+,31-/m0/s1. The van der Waals surface area contributed by atoms with Crippen LogP contribution >= 0.6 is 0 Å². The Bertz CT molecular complexity index is 1270. The van der Waals surface area contributed by atoms with Crippen LogP contribution in [0.1, 0.15) is 53.4 Å². The number of rotatable bonds is 7. The number of aliphatic hydroxyl groups excluding tert-OH is 3. The van der Waals surface area contributed by atoms with E-state index in [2.05, 4.69) is 5.32 Å². The van der Waals surface area contributed by atoms with Gasteiger partial charge >= 0.3 is 6.09 Å². The highest BCUT2D eigenvalue weighted by Crippen LogP contribution is 2.32. The molecule has 1 aliphatic carbocycles. The Morgan fingerprint density at radius 1 is 1.16 bits per heavy atom. The molecule has 0 spiro atoms. The second-order valence-electron chi connectivity index (χ2n) is 12.8. The summed E-state index contributed by atoms with van der Waals surface area (Å²) in [5, 5.41) is 46.2. The number of aliphatic hydroxyl groups is 3. The maximum Gasteiger partial charge on any atom is 0.405 e. The zero-order chi connectivity index (χ0) is 34.1. The molecule has 6 atom stereocenters. The first-order valence-electron chi connectivity index (χ1n) is 15.3. The molecular formula is C33H49N3O9. The SMILES string of the molecule is C/C1=C\C=C/[C@H](CO)[C@@H](OC(N)=O)/C(C)=C/[C@H](C)[C@@H](O)[C@@H](CO)C[C@H](C)CC2=C(CCC[N+](C)(C)[O-])C(=O)C=C(NC1=O)C2=O. The number of hydrogen-bond donors (Lipinski definition) is 5. The third kappa shape index (κ3) is 11.2. The average Bonchev–Trinajstić information content (AvgIpc) is 2.95. The fourth-order valence-corrected chi connectivity index (χ4v) is 5.80. The molecule has 1 aliphatic heterocycles. The lowest BCUT2D eigenvalue weighted by Crippen LogP contribution is -2.35. The average molecular weight is 632 g/mol. The molecule has 0 saturated carbocycles. The minimum atomic E-state index is -1.05. The summed E-state index contributed by atoms with van der Waals surface area (Å²) in [6.07, 6.45) is 5.29. The molecule has 2 aliphatic rings. The van der Waals surface area contributed by atoms with Gasteiger partial charge in [-0.3, -0.25) is 14.4 Å². The van der Waals surface area contributed by atoms with Crippen molar-refractivity contribution >= 4 is 23.6 Å². The predicted molar refractivity (Wildman–Crippen MR) is 169 cm³/mol. The van der Waals surface area contributed by atoms with Gasteiger partial charge in [-0.05, 0) is 44.6 Å². The largest absolute Gasteiger partial charge is 0.633 e. The van der Waals surface area contributed by atoms with Gasteiger partial charge in [0.05, 0.1) is 39.0 Å². The third-order valence-corrected chi connectivity index (χ3v) is 8.22. The molecule has 1 heterocycles. The Labute approximate surface area is 265 Å². The van der Waals surface area contributed by atoms with E-state index in [1.807, 2.05) is 6.92 Å². The van der Waals surface area contributed by atoms with Crippen molar-refractivity contribution in [3.05, 3.63) is 63.6 Å². The summed E-state index contributed by atoms with van der Waals surface area (Å²) in [5.41, 5.74) is 6.40. The number of hydroxylamine groups is 3. The number of nitrogens with zero attached hydrogens (tertiary/aromatic N) is 1. The minimum Gasteiger partial charge on any atom is -0.633 e. The van der Waals surface area contributed by atoms with Crippen LogP contribution in [0.15, 0.2) is 58.4 Å². The Hall–Kier alpha value is -3.42. The first-order chi connectivity index (χ1) is 21.0. The van der Waals surface area contributed by atoms with Gasteiger partial charge in [0.1, 0.15) is 6.10 Å². The van der Waals surface area contributed by atoms with Crippen molar-refractivity contribution in [2.24, 2.45) is 29.4 Å². The number of fused-ring (bicyclic) bond motifs is 2. The molecule has 2 amide bonds. The second kappa shape index (κ2) is 16.8. The maximum absolute atomic E-state index is 13.7. The molecule has 0 radical (unpaired) electrons. The second-order valence-corrected chi connectivity index (χ2v) is 12.8. The molecule has 250 valence electrons. The van der Waals surface area contributed by atoms with Crippen molar-refractivity contribution in [1.82, 2.24) is 5.32 Å². The number of quaternary nitrogens is 1. The lowest BCUT2D eigenvalue weighted by atomic mass is 9.79. The number of allylic oxidation sites excluding steroid dienone is 5. The van der Waals surface area contributed by atoms with Gasteiger partial charge in [0.25, 0.3) is 5.91 Å². The minimum absolute atomic E-state index is 0.152. The molecule has 0 unspecified atom stereocenters. The summed E-state index contributed by atoms with van der Waals surface area (Å²) in [7, 11) is 3.00. The smallest absolute Gasteiger partial charge is 0.405 e. The van der Waals surface area contributed by atoms with Crippen molar-refractivity contribution < 1.29 is 43.9 Å². The van der Waals surface area contributed by atoms with Crippen LogP contribution in [0.4, 0.5) is 4.79 Å². The summed E-state index contributed by atoms with van der Waals surface area (Å²) in [4.78, 5) is 51.8. The van der Waals surface area contributed by atoms with E-state index in [0.717, 1.165) is 6.08 Å². The van der Waals surface area contributed by atoms with Crippen molar-refractivity contribution in [2.75, 3.05) is 33.9 Å². The highest BCUT2D eigenvalue weighted by atomic mass is 16.6. The molecule has 12 nitrogen and oxygen atoms in total. The molecule has 6 N–H and O–H groups in total. The fraction of sp³-hybridized carbons (Fsp3) is 0.576. The fourth-order valence-electron chi connectivity index (χ4n) is 5.80. The van der Waals surface area contributed by atoms with Crippen LogP contribution in [0.25, 0.3) is 0 Å². The number of primary amides is 1. The van der Waals surface area contributed by atoms with Crippen LogP contribution in [0.2, 0.25) is 0 Å². The Kier molecular flexibility index (Phi) is 14.1. The maximum atomic E-state index is 13.7. The monoisotopic (exact) mass is 631 g/mol. The normalized spacial score (nSPS) is 30.9. The Morgan fingerprint density at radius 2 is 1.82 bits per heavy atom. The van der Waals surface area contributed by atoms with Gasteiger partial charge in [-0.1, -0.05) is 38.2 Å². The zero-order valence-electron chi connectivity index (χ0n) is 27.1. The van der Waals surface area contributed by atoms with Gasteiger partial charge < -0.3 is 41.0 Å². The number of Topliss-reactive ketones (excluding diaryl/α,β-unsaturated/α-hetero) is 1. The highest BCUT2D eigenvalue weighted by Gasteiger charge is 2.33. The first-order valence-corrected chi connectivity index (χ1v) is 15.3. The summed E-state index contributed by atoms with van der Waals surface area (Å²) < 4.78 is 4.77. The predicted octanol–water partition coefficient (Wildman–Crippen LogP) is 2.35. The molecule has 0 saturated heterocycles. The number of nitrogens with two attached hydrogens (primary N) is 1. The van der Waals surface area contributed by atoms with E-state index < -0.39 is 64.8 Å². The van der Waals surface area contributed by atoms with Gasteiger partial charge in [0.2, 0.25) is 5.78 Å². The van der Waals surface area contributed by atoms with Crippen LogP contribution in [0, 0.1) is 28.9 Å². The van der Waals surface area contributed by atoms with Crippen LogP contribution in [0.5, 0.6) is 0 Å². The van der Waals surface area contributed by atoms with Crippen molar-refractivity contribution in [1.29, 1.82) is 0 Å². The summed E-state index contributed by atoms with van der Waals surface area (Å²) >= 11 is 0. The van der Waals surface area contributed by atoms with E-state index in [4.69, 9.17) is 10.5 Å². The van der Waals surface area contributed by atoms with Crippen LogP contribution in [-0.2, 0) is 19.1 Å². The topological polar surface area (TPSA) is 199 Å². The molecular weight excluding hydrogens is 582 g/mol. The lowest BCUT2D eigenvalue weighted by molar-refractivity contribution is -0.840. The summed E-state index contributed by atoms with van der Waals surface area (Å²) in [6.45, 7) is 6.24. The van der Waals surface area contributed by atoms with Gasteiger partial charge in [0, 0.05) is 53.6 Å². The number of carbonyl (C=O) groups is 4. The molecule has 45 heavy (non-hydrogen) atoms. The molecule has 0 aromatic rings. The number of ketones is 2. The van der Waals surface area contributed by atoms with Crippen LogP contribution in [-0.4, -0.2) is 89.6 Å². The molecule has 0 aromatic heterocycles. The Morgan fingerprint density at radius 3 is 2.40 bits per heavy atom. The zero-order valence-corrected chi connectivity index (χ0v) is 27.1. The van der Waals surface area contributed by atoms with Crippen molar-refractivity contribution in [3.63, 3.8) is 0 Å². The Balaban J connectivity index is 2.60. The van der Waals surface area contributed by atoms with E-state index in [9.17, 15) is 39.7 Å². The van der Waals surface area contributed by atoms with Crippen LogP contribution < -0.4 is 11.1 Å². The highest BCUT2D eigenvalue weighted by molar-refractivity contribution is 6.23. The van der Waals surface area contributed by atoms with Crippen molar-refractivity contribution in [2.45, 2.75) is 65.6 Å². The van der Waals surface area contributed by atoms with E-state index >= 15 is 0 Å². The quantitative estimate of drug-likeness (QED) is 0.121. The molecule has 0 aromatic carbocycles. The van der Waals surface area contributed by atoms with Crippen molar-refractivity contribution in [3.8, 4) is 0 Å². The van der Waals surface area contributed by atoms with Crippen LogP contribution in [0.3, 0.4) is 0 Å². The number of hydrogen-bond acceptors (Lipinski definition) is 9. The molecule has 2 bridgehead atoms. The van der Waals surface area contributed by atoms with E-state index in [1.54, 1.807) is 26.0 Å².